The first kappa shape index (κ1) is 18.8. The number of hydrogen-bond donors (Lipinski definition) is 0. The monoisotopic (exact) mass is 378 g/mol. The lowest BCUT2D eigenvalue weighted by molar-refractivity contribution is -0.134. The van der Waals surface area contributed by atoms with E-state index in [0.29, 0.717) is 37.9 Å². The minimum atomic E-state index is -1.05. The van der Waals surface area contributed by atoms with Crippen LogP contribution in [0.25, 0.3) is 0 Å². The van der Waals surface area contributed by atoms with E-state index >= 15 is 0 Å². The van der Waals surface area contributed by atoms with Gasteiger partial charge in [-0.2, -0.15) is 0 Å². The van der Waals surface area contributed by atoms with Crippen molar-refractivity contribution in [2.45, 2.75) is 0 Å². The van der Waals surface area contributed by atoms with Crippen molar-refractivity contribution in [3.05, 3.63) is 65.5 Å². The van der Waals surface area contributed by atoms with Crippen LogP contribution in [0.2, 0.25) is 0 Å². The van der Waals surface area contributed by atoms with Gasteiger partial charge in [0.1, 0.15) is 17.5 Å². The molecule has 0 saturated carbocycles. The Morgan fingerprint density at radius 1 is 0.926 bits per heavy atom. The smallest absolute Gasteiger partial charge is 0.341 e. The molecule has 0 aromatic heterocycles. The first-order chi connectivity index (χ1) is 13.0. The normalized spacial score (nSPS) is 14.2. The number of benzene rings is 2. The summed E-state index contributed by atoms with van der Waals surface area (Å²) in [6.45, 7) is 1.01. The molecule has 0 atom stereocenters. The molecule has 0 radical (unpaired) electrons. The van der Waals surface area contributed by atoms with E-state index in [0.717, 1.165) is 12.1 Å². The van der Waals surface area contributed by atoms with Crippen molar-refractivity contribution in [1.82, 2.24) is 4.90 Å². The van der Waals surface area contributed by atoms with Crippen LogP contribution in [0, 0.1) is 17.5 Å². The molecule has 27 heavy (non-hydrogen) atoms. The predicted octanol–water partition coefficient (Wildman–Crippen LogP) is 2.61. The maximum absolute atomic E-state index is 13.8. The van der Waals surface area contributed by atoms with Crippen molar-refractivity contribution in [2.24, 2.45) is 0 Å². The van der Waals surface area contributed by atoms with Crippen LogP contribution in [0.1, 0.15) is 10.4 Å². The summed E-state index contributed by atoms with van der Waals surface area (Å²) >= 11 is 0. The summed E-state index contributed by atoms with van der Waals surface area (Å²) in [5.74, 6) is -3.66. The highest BCUT2D eigenvalue weighted by molar-refractivity contribution is 5.91. The largest absolute Gasteiger partial charge is 0.452 e. The summed E-state index contributed by atoms with van der Waals surface area (Å²) in [5.41, 5.74) is 0.0383. The first-order valence-electron chi connectivity index (χ1n) is 8.35. The predicted molar refractivity (Wildman–Crippen MR) is 91.8 cm³/mol. The second kappa shape index (κ2) is 8.11. The zero-order valence-corrected chi connectivity index (χ0v) is 14.3. The number of ether oxygens (including phenoxy) is 1. The molecule has 0 bridgehead atoms. The van der Waals surface area contributed by atoms with Crippen LogP contribution in [0.3, 0.4) is 0 Å². The van der Waals surface area contributed by atoms with E-state index in [2.05, 4.69) is 0 Å². The van der Waals surface area contributed by atoms with E-state index in [1.54, 1.807) is 18.2 Å². The van der Waals surface area contributed by atoms with E-state index in [1.807, 2.05) is 4.90 Å². The Labute approximate surface area is 153 Å². The van der Waals surface area contributed by atoms with Gasteiger partial charge in [-0.3, -0.25) is 4.79 Å². The van der Waals surface area contributed by atoms with Gasteiger partial charge in [0.25, 0.3) is 5.91 Å². The van der Waals surface area contributed by atoms with Gasteiger partial charge in [0.05, 0.1) is 11.3 Å². The summed E-state index contributed by atoms with van der Waals surface area (Å²) in [4.78, 5) is 27.3. The second-order valence-corrected chi connectivity index (χ2v) is 6.02. The van der Waals surface area contributed by atoms with Crippen LogP contribution in [0.15, 0.2) is 42.5 Å². The molecule has 0 N–H and O–H groups in total. The van der Waals surface area contributed by atoms with Gasteiger partial charge in [0.2, 0.25) is 0 Å². The SMILES string of the molecule is O=C(OCC(=O)N1CCN(c2ccccc2F)CC1)c1ccc(F)cc1F. The van der Waals surface area contributed by atoms with Gasteiger partial charge >= 0.3 is 5.97 Å². The van der Waals surface area contributed by atoms with Gasteiger partial charge in [-0.05, 0) is 24.3 Å². The lowest BCUT2D eigenvalue weighted by atomic mass is 10.2. The molecule has 0 spiro atoms. The van der Waals surface area contributed by atoms with Crippen molar-refractivity contribution in [3.8, 4) is 0 Å². The highest BCUT2D eigenvalue weighted by Crippen LogP contribution is 2.20. The fourth-order valence-electron chi connectivity index (χ4n) is 2.86. The fraction of sp³-hybridized carbons (Fsp3) is 0.263. The molecule has 2 aromatic carbocycles. The number of hydrogen-bond acceptors (Lipinski definition) is 4. The van der Waals surface area contributed by atoms with E-state index in [9.17, 15) is 22.8 Å². The Morgan fingerprint density at radius 3 is 2.30 bits per heavy atom. The third-order valence-electron chi connectivity index (χ3n) is 4.30. The molecule has 1 aliphatic heterocycles. The maximum Gasteiger partial charge on any atom is 0.341 e. The molecule has 2 aromatic rings. The van der Waals surface area contributed by atoms with Gasteiger partial charge in [0, 0.05) is 32.2 Å². The molecule has 0 unspecified atom stereocenters. The second-order valence-electron chi connectivity index (χ2n) is 6.02. The Morgan fingerprint density at radius 2 is 1.63 bits per heavy atom. The highest BCUT2D eigenvalue weighted by atomic mass is 19.1. The molecule has 3 rings (SSSR count). The average Bonchev–Trinajstić information content (AvgIpc) is 2.66. The molecule has 1 fully saturated rings. The van der Waals surface area contributed by atoms with Crippen LogP contribution in [-0.2, 0) is 9.53 Å². The number of rotatable bonds is 4. The topological polar surface area (TPSA) is 49.9 Å². The third-order valence-corrected chi connectivity index (χ3v) is 4.30. The molecular formula is C19H17F3N2O3. The van der Waals surface area contributed by atoms with Gasteiger partial charge < -0.3 is 14.5 Å². The molecule has 8 heteroatoms. The van der Waals surface area contributed by atoms with E-state index < -0.39 is 35.7 Å². The zero-order valence-electron chi connectivity index (χ0n) is 14.3. The number of anilines is 1. The number of esters is 1. The summed E-state index contributed by atoms with van der Waals surface area (Å²) < 4.78 is 45.1. The quantitative estimate of drug-likeness (QED) is 0.768. The number of amides is 1. The first-order valence-corrected chi connectivity index (χ1v) is 8.35. The van der Waals surface area contributed by atoms with E-state index in [4.69, 9.17) is 4.74 Å². The molecule has 1 amide bonds. The van der Waals surface area contributed by atoms with Gasteiger partial charge in [-0.15, -0.1) is 0 Å². The summed E-state index contributed by atoms with van der Waals surface area (Å²) in [6.07, 6.45) is 0. The van der Waals surface area contributed by atoms with Crippen molar-refractivity contribution in [2.75, 3.05) is 37.7 Å². The Bertz CT molecular complexity index is 852. The number of nitrogens with zero attached hydrogens (tertiary/aromatic N) is 2. The zero-order chi connectivity index (χ0) is 19.4. The molecular weight excluding hydrogens is 361 g/mol. The number of piperazine rings is 1. The van der Waals surface area contributed by atoms with Crippen LogP contribution in [-0.4, -0.2) is 49.6 Å². The van der Waals surface area contributed by atoms with Crippen LogP contribution >= 0.6 is 0 Å². The summed E-state index contributed by atoms with van der Waals surface area (Å²) in [7, 11) is 0. The Hall–Kier alpha value is -3.03. The standard InChI is InChI=1S/C19H17F3N2O3/c20-13-5-6-14(16(22)11-13)19(26)27-12-18(25)24-9-7-23(8-10-24)17-4-2-1-3-15(17)21/h1-6,11H,7-10,12H2. The minimum Gasteiger partial charge on any atom is -0.452 e. The van der Waals surface area contributed by atoms with E-state index in [1.165, 1.54) is 11.0 Å². The van der Waals surface area contributed by atoms with Crippen molar-refractivity contribution in [3.63, 3.8) is 0 Å². The average molecular weight is 378 g/mol. The maximum atomic E-state index is 13.8. The van der Waals surface area contributed by atoms with Crippen molar-refractivity contribution >= 4 is 17.6 Å². The molecule has 1 aliphatic rings. The highest BCUT2D eigenvalue weighted by Gasteiger charge is 2.24. The molecule has 1 saturated heterocycles. The summed E-state index contributed by atoms with van der Waals surface area (Å²) in [6, 6.07) is 8.86. The summed E-state index contributed by atoms with van der Waals surface area (Å²) in [5, 5.41) is 0. The number of carbonyl (C=O) groups excluding carboxylic acids is 2. The number of para-hydroxylation sites is 1. The van der Waals surface area contributed by atoms with Crippen LogP contribution in [0.5, 0.6) is 0 Å². The Kier molecular flexibility index (Phi) is 5.63. The lowest BCUT2D eigenvalue weighted by Crippen LogP contribution is -2.50. The number of carbonyl (C=O) groups is 2. The van der Waals surface area contributed by atoms with Gasteiger partial charge in [-0.25, -0.2) is 18.0 Å². The lowest BCUT2D eigenvalue weighted by Gasteiger charge is -2.36. The van der Waals surface area contributed by atoms with E-state index in [-0.39, 0.29) is 5.82 Å². The molecule has 142 valence electrons. The van der Waals surface area contributed by atoms with Gasteiger partial charge in [-0.1, -0.05) is 12.1 Å². The van der Waals surface area contributed by atoms with Crippen LogP contribution < -0.4 is 4.90 Å². The molecule has 1 heterocycles. The molecule has 0 aliphatic carbocycles. The Balaban J connectivity index is 1.51. The van der Waals surface area contributed by atoms with Gasteiger partial charge in [0.15, 0.2) is 6.61 Å². The fourth-order valence-corrected chi connectivity index (χ4v) is 2.86. The third kappa shape index (κ3) is 4.39. The minimum absolute atomic E-state index is 0.326. The van der Waals surface area contributed by atoms with Crippen LogP contribution in [0.4, 0.5) is 18.9 Å². The number of halogens is 3. The van der Waals surface area contributed by atoms with Crippen molar-refractivity contribution in [1.29, 1.82) is 0 Å². The van der Waals surface area contributed by atoms with Crippen molar-refractivity contribution < 1.29 is 27.5 Å². The molecule has 5 nitrogen and oxygen atoms in total.